The molecule has 0 N–H and O–H groups in total. The Kier molecular flexibility index (Phi) is 6.04. The average molecular weight is 430 g/mol. The second-order valence-corrected chi connectivity index (χ2v) is 9.08. The molecule has 0 spiro atoms. The van der Waals surface area contributed by atoms with E-state index in [-0.39, 0.29) is 5.56 Å². The molecule has 0 saturated carbocycles. The van der Waals surface area contributed by atoms with Gasteiger partial charge < -0.3 is 4.90 Å². The lowest BCUT2D eigenvalue weighted by atomic mass is 9.90. The maximum Gasteiger partial charge on any atom is 0.255 e. The van der Waals surface area contributed by atoms with E-state index in [0.29, 0.717) is 11.6 Å². The zero-order valence-electron chi connectivity index (χ0n) is 18.8. The van der Waals surface area contributed by atoms with Crippen LogP contribution in [0.15, 0.2) is 59.7 Å². The normalized spacial score (nSPS) is 19.4. The van der Waals surface area contributed by atoms with Crippen LogP contribution in [-0.4, -0.2) is 45.6 Å². The Morgan fingerprint density at radius 3 is 2.47 bits per heavy atom. The monoisotopic (exact) mass is 429 g/mol. The minimum atomic E-state index is -0.0322. The fraction of sp³-hybridized carbons (Fsp3) is 0.423. The summed E-state index contributed by atoms with van der Waals surface area (Å²) in [5.74, 6) is 1.20. The summed E-state index contributed by atoms with van der Waals surface area (Å²) in [6.45, 7) is 5.31. The van der Waals surface area contributed by atoms with E-state index in [2.05, 4.69) is 39.0 Å². The summed E-state index contributed by atoms with van der Waals surface area (Å²) in [7, 11) is 1.82. The summed E-state index contributed by atoms with van der Waals surface area (Å²) < 4.78 is 1.67. The molecule has 166 valence electrons. The van der Waals surface area contributed by atoms with Crippen molar-refractivity contribution >= 4 is 5.95 Å². The first-order valence-electron chi connectivity index (χ1n) is 11.7. The number of nitrogens with zero attached hydrogens (tertiary/aromatic N) is 5. The number of aromatic nitrogens is 3. The molecule has 5 rings (SSSR count). The van der Waals surface area contributed by atoms with E-state index in [9.17, 15) is 4.79 Å². The van der Waals surface area contributed by atoms with Crippen molar-refractivity contribution in [1.82, 2.24) is 19.4 Å². The van der Waals surface area contributed by atoms with Crippen LogP contribution in [0.3, 0.4) is 0 Å². The molecule has 6 heteroatoms. The highest BCUT2D eigenvalue weighted by atomic mass is 16.1. The molecule has 2 fully saturated rings. The van der Waals surface area contributed by atoms with Gasteiger partial charge in [-0.25, -0.2) is 4.98 Å². The number of likely N-dealkylation sites (tertiary alicyclic amines) is 1. The van der Waals surface area contributed by atoms with Crippen LogP contribution < -0.4 is 10.5 Å². The number of pyridine rings is 1. The van der Waals surface area contributed by atoms with E-state index in [1.807, 2.05) is 19.2 Å². The molecular formula is C26H31N5O. The number of hydrogen-bond donors (Lipinski definition) is 0. The Balaban J connectivity index is 1.35. The van der Waals surface area contributed by atoms with Crippen molar-refractivity contribution in [3.05, 3.63) is 76.3 Å². The molecule has 1 unspecified atom stereocenters. The molecule has 32 heavy (non-hydrogen) atoms. The largest absolute Gasteiger partial charge is 0.342 e. The van der Waals surface area contributed by atoms with Gasteiger partial charge in [0.15, 0.2) is 0 Å². The van der Waals surface area contributed by atoms with E-state index in [1.165, 1.54) is 43.5 Å². The molecule has 2 aromatic heterocycles. The quantitative estimate of drug-likeness (QED) is 0.617. The van der Waals surface area contributed by atoms with Crippen molar-refractivity contribution in [2.75, 3.05) is 31.1 Å². The molecule has 2 aliphatic heterocycles. The third-order valence-electron chi connectivity index (χ3n) is 6.85. The van der Waals surface area contributed by atoms with Crippen LogP contribution in [0.5, 0.6) is 0 Å². The highest BCUT2D eigenvalue weighted by Gasteiger charge is 2.24. The number of piperidine rings is 1. The first kappa shape index (κ1) is 20.9. The summed E-state index contributed by atoms with van der Waals surface area (Å²) in [6.07, 6.45) is 8.39. The Hall–Kier alpha value is -2.99. The standard InChI is InChI=1S/C26H31N5O/c1-29-25(32)17-24(22-10-12-27-13-11-22)28-26(29)31-16-4-5-23(19-31)21-8-6-20(7-9-21)18-30-14-2-3-15-30/h6-13,17,23H,2-5,14-16,18-19H2,1H3. The van der Waals surface area contributed by atoms with Crippen molar-refractivity contribution < 1.29 is 0 Å². The fourth-order valence-corrected chi connectivity index (χ4v) is 5.01. The predicted molar refractivity (Wildman–Crippen MR) is 128 cm³/mol. The SMILES string of the molecule is Cn1c(N2CCCC(c3ccc(CN4CCCC4)cc3)C2)nc(-c2ccncc2)cc1=O. The van der Waals surface area contributed by atoms with E-state index in [0.717, 1.165) is 37.6 Å². The van der Waals surface area contributed by atoms with Crippen molar-refractivity contribution in [2.24, 2.45) is 7.05 Å². The van der Waals surface area contributed by atoms with Crippen molar-refractivity contribution in [3.63, 3.8) is 0 Å². The maximum absolute atomic E-state index is 12.7. The van der Waals surface area contributed by atoms with Gasteiger partial charge in [-0.15, -0.1) is 0 Å². The topological polar surface area (TPSA) is 54.3 Å². The van der Waals surface area contributed by atoms with Crippen LogP contribution in [0.25, 0.3) is 11.3 Å². The molecule has 4 heterocycles. The molecule has 0 aliphatic carbocycles. The number of anilines is 1. The van der Waals surface area contributed by atoms with Gasteiger partial charge >= 0.3 is 0 Å². The van der Waals surface area contributed by atoms with E-state index in [4.69, 9.17) is 4.98 Å². The van der Waals surface area contributed by atoms with E-state index >= 15 is 0 Å². The van der Waals surface area contributed by atoms with Gasteiger partial charge in [-0.1, -0.05) is 24.3 Å². The molecule has 0 bridgehead atoms. The molecule has 3 aromatic rings. The molecule has 6 nitrogen and oxygen atoms in total. The Labute approximate surface area is 189 Å². The third kappa shape index (κ3) is 4.46. The lowest BCUT2D eigenvalue weighted by molar-refractivity contribution is 0.331. The van der Waals surface area contributed by atoms with Gasteiger partial charge in [-0.3, -0.25) is 19.2 Å². The van der Waals surface area contributed by atoms with Gasteiger partial charge in [0.2, 0.25) is 5.95 Å². The Morgan fingerprint density at radius 2 is 1.72 bits per heavy atom. The number of hydrogen-bond acceptors (Lipinski definition) is 5. The van der Waals surface area contributed by atoms with Crippen LogP contribution in [0.2, 0.25) is 0 Å². The molecule has 2 aliphatic rings. The summed E-state index contributed by atoms with van der Waals surface area (Å²) >= 11 is 0. The lowest BCUT2D eigenvalue weighted by Crippen LogP contribution is -2.38. The van der Waals surface area contributed by atoms with E-state index in [1.54, 1.807) is 23.0 Å². The van der Waals surface area contributed by atoms with Gasteiger partial charge in [-0.05, 0) is 62.0 Å². The van der Waals surface area contributed by atoms with Crippen LogP contribution in [0.1, 0.15) is 42.7 Å². The molecule has 0 radical (unpaired) electrons. The van der Waals surface area contributed by atoms with Crippen LogP contribution >= 0.6 is 0 Å². The number of benzene rings is 1. The van der Waals surface area contributed by atoms with Gasteiger partial charge in [-0.2, -0.15) is 0 Å². The van der Waals surface area contributed by atoms with Gasteiger partial charge in [0.05, 0.1) is 5.69 Å². The fourth-order valence-electron chi connectivity index (χ4n) is 5.01. The minimum absolute atomic E-state index is 0.0322. The minimum Gasteiger partial charge on any atom is -0.342 e. The Bertz CT molecular complexity index is 1100. The maximum atomic E-state index is 12.7. The second-order valence-electron chi connectivity index (χ2n) is 9.08. The summed E-state index contributed by atoms with van der Waals surface area (Å²) in [4.78, 5) is 26.5. The van der Waals surface area contributed by atoms with Crippen LogP contribution in [0.4, 0.5) is 5.95 Å². The number of rotatable bonds is 5. The second kappa shape index (κ2) is 9.25. The zero-order valence-corrected chi connectivity index (χ0v) is 18.8. The highest BCUT2D eigenvalue weighted by Crippen LogP contribution is 2.30. The smallest absolute Gasteiger partial charge is 0.255 e. The lowest BCUT2D eigenvalue weighted by Gasteiger charge is -2.34. The van der Waals surface area contributed by atoms with Crippen LogP contribution in [0, 0.1) is 0 Å². The zero-order chi connectivity index (χ0) is 21.9. The summed E-state index contributed by atoms with van der Waals surface area (Å²) in [6, 6.07) is 14.6. The molecule has 0 amide bonds. The third-order valence-corrected chi connectivity index (χ3v) is 6.85. The average Bonchev–Trinajstić information content (AvgIpc) is 3.35. The molecule has 1 atom stereocenters. The van der Waals surface area contributed by atoms with Gasteiger partial charge in [0, 0.05) is 56.6 Å². The van der Waals surface area contributed by atoms with Gasteiger partial charge in [0.25, 0.3) is 5.56 Å². The van der Waals surface area contributed by atoms with Gasteiger partial charge in [0.1, 0.15) is 0 Å². The van der Waals surface area contributed by atoms with Crippen molar-refractivity contribution in [3.8, 4) is 11.3 Å². The Morgan fingerprint density at radius 1 is 0.969 bits per heavy atom. The summed E-state index contributed by atoms with van der Waals surface area (Å²) in [5, 5.41) is 0. The van der Waals surface area contributed by atoms with Crippen molar-refractivity contribution in [1.29, 1.82) is 0 Å². The predicted octanol–water partition coefficient (Wildman–Crippen LogP) is 3.82. The summed E-state index contributed by atoms with van der Waals surface area (Å²) in [5.41, 5.74) is 4.38. The molecular weight excluding hydrogens is 398 g/mol. The molecule has 1 aromatic carbocycles. The van der Waals surface area contributed by atoms with E-state index < -0.39 is 0 Å². The molecule has 2 saturated heterocycles. The van der Waals surface area contributed by atoms with Crippen LogP contribution in [-0.2, 0) is 13.6 Å². The highest BCUT2D eigenvalue weighted by molar-refractivity contribution is 5.59. The first-order valence-corrected chi connectivity index (χ1v) is 11.7. The first-order chi connectivity index (χ1) is 15.7. The van der Waals surface area contributed by atoms with Crippen molar-refractivity contribution in [2.45, 2.75) is 38.1 Å².